The highest BCUT2D eigenvalue weighted by Crippen LogP contribution is 2.29. The summed E-state index contributed by atoms with van der Waals surface area (Å²) in [6, 6.07) is 2.80. The van der Waals surface area contributed by atoms with Gasteiger partial charge in [-0.15, -0.1) is 12.4 Å². The van der Waals surface area contributed by atoms with Crippen LogP contribution in [-0.2, 0) is 14.3 Å². The van der Waals surface area contributed by atoms with E-state index in [9.17, 15) is 9.59 Å². The first-order chi connectivity index (χ1) is 12.9. The van der Waals surface area contributed by atoms with Gasteiger partial charge >= 0.3 is 5.97 Å². The molecule has 1 aliphatic rings. The molecule has 0 spiro atoms. The number of hydrogen-bond donors (Lipinski definition) is 2. The van der Waals surface area contributed by atoms with Gasteiger partial charge in [-0.3, -0.25) is 14.5 Å². The van der Waals surface area contributed by atoms with E-state index in [1.54, 1.807) is 14.0 Å². The molecule has 1 fully saturated rings. The van der Waals surface area contributed by atoms with Gasteiger partial charge in [0.15, 0.2) is 0 Å². The average molecular weight is 436 g/mol. The Labute approximate surface area is 176 Å². The maximum atomic E-state index is 12.7. The SMILES string of the molecule is CCOC(=O)CN1CCC(NC(=O)c2cc(Cl)c(N)cc2OC)C(OC)C1.Cl. The van der Waals surface area contributed by atoms with E-state index in [0.29, 0.717) is 43.1 Å². The van der Waals surface area contributed by atoms with E-state index in [1.165, 1.54) is 19.2 Å². The van der Waals surface area contributed by atoms with Gasteiger partial charge in [-0.05, 0) is 19.4 Å². The summed E-state index contributed by atoms with van der Waals surface area (Å²) in [5, 5.41) is 3.26. The molecule has 1 amide bonds. The Morgan fingerprint density at radius 3 is 2.68 bits per heavy atom. The van der Waals surface area contributed by atoms with Gasteiger partial charge in [-0.1, -0.05) is 11.6 Å². The van der Waals surface area contributed by atoms with Crippen LogP contribution in [0, 0.1) is 0 Å². The number of nitrogens with two attached hydrogens (primary N) is 1. The maximum absolute atomic E-state index is 12.7. The number of ether oxygens (including phenoxy) is 3. The van der Waals surface area contributed by atoms with E-state index in [0.717, 1.165) is 0 Å². The number of rotatable bonds is 7. The zero-order valence-electron chi connectivity index (χ0n) is 16.2. The van der Waals surface area contributed by atoms with Crippen LogP contribution in [-0.4, -0.2) is 69.4 Å². The lowest BCUT2D eigenvalue weighted by Crippen LogP contribution is -2.55. The second kappa shape index (κ2) is 11.3. The quantitative estimate of drug-likeness (QED) is 0.496. The first kappa shape index (κ1) is 24.3. The Hall–Kier alpha value is -1.74. The van der Waals surface area contributed by atoms with Gasteiger partial charge in [-0.25, -0.2) is 0 Å². The number of amides is 1. The van der Waals surface area contributed by atoms with Crippen LogP contribution in [0.1, 0.15) is 23.7 Å². The number of carbonyl (C=O) groups is 2. The van der Waals surface area contributed by atoms with Crippen molar-refractivity contribution in [1.82, 2.24) is 10.2 Å². The summed E-state index contributed by atoms with van der Waals surface area (Å²) in [7, 11) is 3.05. The van der Waals surface area contributed by atoms with E-state index in [1.807, 2.05) is 4.90 Å². The average Bonchev–Trinajstić information content (AvgIpc) is 2.64. The van der Waals surface area contributed by atoms with Crippen LogP contribution in [0.2, 0.25) is 5.02 Å². The third-order valence-corrected chi connectivity index (χ3v) is 4.81. The van der Waals surface area contributed by atoms with Crippen LogP contribution in [0.15, 0.2) is 12.1 Å². The lowest BCUT2D eigenvalue weighted by Gasteiger charge is -2.37. The Balaban J connectivity index is 0.00000392. The molecule has 158 valence electrons. The number of likely N-dealkylation sites (tertiary alicyclic amines) is 1. The monoisotopic (exact) mass is 435 g/mol. The molecule has 0 saturated carbocycles. The van der Waals surface area contributed by atoms with Gasteiger partial charge < -0.3 is 25.3 Å². The van der Waals surface area contributed by atoms with Crippen molar-refractivity contribution in [2.24, 2.45) is 0 Å². The number of nitrogens with one attached hydrogen (secondary N) is 1. The van der Waals surface area contributed by atoms with Gasteiger partial charge in [0.05, 0.1) is 48.7 Å². The van der Waals surface area contributed by atoms with Crippen LogP contribution in [0.3, 0.4) is 0 Å². The highest BCUT2D eigenvalue weighted by molar-refractivity contribution is 6.33. The molecule has 3 N–H and O–H groups in total. The fraction of sp³-hybridized carbons (Fsp3) is 0.556. The zero-order chi connectivity index (χ0) is 20.0. The molecular weight excluding hydrogens is 409 g/mol. The first-order valence-corrected chi connectivity index (χ1v) is 9.12. The number of halogens is 2. The molecule has 28 heavy (non-hydrogen) atoms. The Morgan fingerprint density at radius 1 is 1.36 bits per heavy atom. The predicted molar refractivity (Wildman–Crippen MR) is 109 cm³/mol. The molecule has 0 bridgehead atoms. The van der Waals surface area contributed by atoms with Crippen molar-refractivity contribution in [2.75, 3.05) is 46.2 Å². The van der Waals surface area contributed by atoms with E-state index < -0.39 is 0 Å². The molecule has 0 radical (unpaired) electrons. The standard InChI is InChI=1S/C18H26ClN3O5.ClH/c1-4-27-17(23)10-22-6-5-14(16(9-22)26-3)21-18(24)11-7-12(19)13(20)8-15(11)25-2;/h7-8,14,16H,4-6,9-10,20H2,1-3H3,(H,21,24);1H. The van der Waals surface area contributed by atoms with Crippen molar-refractivity contribution in [1.29, 1.82) is 0 Å². The number of esters is 1. The Bertz CT molecular complexity index is 689. The van der Waals surface area contributed by atoms with Crippen molar-refractivity contribution >= 4 is 41.6 Å². The lowest BCUT2D eigenvalue weighted by molar-refractivity contribution is -0.145. The summed E-state index contributed by atoms with van der Waals surface area (Å²) in [6.45, 7) is 3.49. The van der Waals surface area contributed by atoms with Gasteiger partial charge in [-0.2, -0.15) is 0 Å². The summed E-state index contributed by atoms with van der Waals surface area (Å²) in [5.41, 5.74) is 6.41. The minimum atomic E-state index is -0.320. The largest absolute Gasteiger partial charge is 0.496 e. The zero-order valence-corrected chi connectivity index (χ0v) is 17.8. The highest BCUT2D eigenvalue weighted by atomic mass is 35.5. The van der Waals surface area contributed by atoms with Gasteiger partial charge in [0.25, 0.3) is 5.91 Å². The highest BCUT2D eigenvalue weighted by Gasteiger charge is 2.32. The summed E-state index contributed by atoms with van der Waals surface area (Å²) in [5.74, 6) is -0.237. The number of anilines is 1. The third-order valence-electron chi connectivity index (χ3n) is 4.48. The molecule has 10 heteroatoms. The molecule has 0 aromatic heterocycles. The molecule has 2 rings (SSSR count). The van der Waals surface area contributed by atoms with Crippen LogP contribution in [0.25, 0.3) is 0 Å². The summed E-state index contributed by atoms with van der Waals surface area (Å²) < 4.78 is 15.7. The van der Waals surface area contributed by atoms with E-state index in [2.05, 4.69) is 5.32 Å². The number of piperidine rings is 1. The van der Waals surface area contributed by atoms with Gasteiger partial charge in [0.2, 0.25) is 0 Å². The molecular formula is C18H27Cl2N3O5. The number of nitrogens with zero attached hydrogens (tertiary/aromatic N) is 1. The number of nitrogen functional groups attached to an aromatic ring is 1. The summed E-state index contributed by atoms with van der Waals surface area (Å²) in [6.07, 6.45) is 0.377. The normalized spacial score (nSPS) is 19.4. The molecule has 1 aliphatic heterocycles. The topological polar surface area (TPSA) is 103 Å². The van der Waals surface area contributed by atoms with Crippen molar-refractivity contribution in [2.45, 2.75) is 25.5 Å². The molecule has 1 aromatic carbocycles. The molecule has 8 nitrogen and oxygen atoms in total. The smallest absolute Gasteiger partial charge is 0.320 e. The van der Waals surface area contributed by atoms with Gasteiger partial charge in [0, 0.05) is 26.3 Å². The lowest BCUT2D eigenvalue weighted by atomic mass is 10.0. The Morgan fingerprint density at radius 2 is 2.07 bits per heavy atom. The third kappa shape index (κ3) is 6.13. The predicted octanol–water partition coefficient (Wildman–Crippen LogP) is 1.73. The van der Waals surface area contributed by atoms with Crippen molar-refractivity contribution in [3.63, 3.8) is 0 Å². The van der Waals surface area contributed by atoms with Crippen LogP contribution in [0.5, 0.6) is 5.75 Å². The second-order valence-electron chi connectivity index (χ2n) is 6.26. The molecule has 0 aliphatic carbocycles. The fourth-order valence-corrected chi connectivity index (χ4v) is 3.24. The summed E-state index contributed by atoms with van der Waals surface area (Å²) in [4.78, 5) is 26.4. The van der Waals surface area contributed by atoms with Crippen LogP contribution < -0.4 is 15.8 Å². The molecule has 1 aromatic rings. The van der Waals surface area contributed by atoms with Crippen molar-refractivity contribution in [3.05, 3.63) is 22.7 Å². The van der Waals surface area contributed by atoms with Crippen LogP contribution in [0.4, 0.5) is 5.69 Å². The number of hydrogen-bond acceptors (Lipinski definition) is 7. The number of benzene rings is 1. The van der Waals surface area contributed by atoms with Gasteiger partial charge in [0.1, 0.15) is 5.75 Å². The van der Waals surface area contributed by atoms with Crippen LogP contribution >= 0.6 is 24.0 Å². The summed E-state index contributed by atoms with van der Waals surface area (Å²) >= 11 is 6.04. The maximum Gasteiger partial charge on any atom is 0.320 e. The van der Waals surface area contributed by atoms with Crippen molar-refractivity contribution < 1.29 is 23.8 Å². The molecule has 1 saturated heterocycles. The van der Waals surface area contributed by atoms with Crippen molar-refractivity contribution in [3.8, 4) is 5.75 Å². The second-order valence-corrected chi connectivity index (χ2v) is 6.66. The first-order valence-electron chi connectivity index (χ1n) is 8.74. The molecule has 1 heterocycles. The van der Waals surface area contributed by atoms with E-state index in [-0.39, 0.29) is 48.0 Å². The van der Waals surface area contributed by atoms with E-state index >= 15 is 0 Å². The molecule has 2 unspecified atom stereocenters. The Kier molecular flexibility index (Phi) is 9.81. The minimum Gasteiger partial charge on any atom is -0.496 e. The number of methoxy groups -OCH3 is 2. The number of carbonyl (C=O) groups excluding carboxylic acids is 2. The minimum absolute atomic E-state index is 0. The fourth-order valence-electron chi connectivity index (χ4n) is 3.08. The molecule has 2 atom stereocenters. The van der Waals surface area contributed by atoms with E-state index in [4.69, 9.17) is 31.5 Å².